The Bertz CT molecular complexity index is 1620. The molecular formula is C29H32F2N4O6S. The average Bonchev–Trinajstić information content (AvgIpc) is 3.01. The van der Waals surface area contributed by atoms with E-state index in [4.69, 9.17) is 4.74 Å². The van der Waals surface area contributed by atoms with Gasteiger partial charge in [-0.2, -0.15) is 8.78 Å². The minimum absolute atomic E-state index is 0.138. The van der Waals surface area contributed by atoms with Gasteiger partial charge in [0.25, 0.3) is 5.91 Å². The fourth-order valence-corrected chi connectivity index (χ4v) is 5.60. The van der Waals surface area contributed by atoms with Crippen LogP contribution in [0.4, 0.5) is 20.2 Å². The number of amides is 3. The monoisotopic (exact) mass is 602 g/mol. The fraction of sp³-hybridized carbons (Fsp3) is 0.345. The number of sulfone groups is 1. The Hall–Kier alpha value is -4.10. The van der Waals surface area contributed by atoms with Crippen LogP contribution in [0.15, 0.2) is 60.7 Å². The van der Waals surface area contributed by atoms with Crippen molar-refractivity contribution in [3.8, 4) is 5.75 Å². The molecule has 42 heavy (non-hydrogen) atoms. The molecule has 3 atom stereocenters. The van der Waals surface area contributed by atoms with Gasteiger partial charge in [0.2, 0.25) is 11.8 Å². The third kappa shape index (κ3) is 6.52. The molecule has 0 aliphatic carbocycles. The predicted octanol–water partition coefficient (Wildman–Crippen LogP) is 2.85. The SMILES string of the molecule is CNC(C)C(=O)NC1C(=O)N(Cc2c(OC(F)F)ccc3ccccc23)c2ccccc2N(C(=O)CS(C)(=O)=O)C1C. The summed E-state index contributed by atoms with van der Waals surface area (Å²) in [6.45, 7) is -0.258. The van der Waals surface area contributed by atoms with Gasteiger partial charge in [-0.15, -0.1) is 0 Å². The second-order valence-corrected chi connectivity index (χ2v) is 12.3. The largest absolute Gasteiger partial charge is 0.434 e. The van der Waals surface area contributed by atoms with Gasteiger partial charge in [-0.25, -0.2) is 8.42 Å². The summed E-state index contributed by atoms with van der Waals surface area (Å²) >= 11 is 0. The molecule has 3 aromatic rings. The highest BCUT2D eigenvalue weighted by atomic mass is 32.2. The van der Waals surface area contributed by atoms with Crippen molar-refractivity contribution in [2.24, 2.45) is 0 Å². The molecule has 4 rings (SSSR count). The van der Waals surface area contributed by atoms with E-state index in [1.165, 1.54) is 22.8 Å². The van der Waals surface area contributed by atoms with Gasteiger partial charge in [-0.1, -0.05) is 42.5 Å². The number of fused-ring (bicyclic) bond motifs is 2. The number of hydrogen-bond acceptors (Lipinski definition) is 7. The van der Waals surface area contributed by atoms with E-state index in [0.29, 0.717) is 5.39 Å². The van der Waals surface area contributed by atoms with Gasteiger partial charge in [0, 0.05) is 11.8 Å². The third-order valence-electron chi connectivity index (χ3n) is 7.16. The van der Waals surface area contributed by atoms with Crippen LogP contribution in [-0.2, 0) is 30.8 Å². The number of carbonyl (C=O) groups is 3. The van der Waals surface area contributed by atoms with Crippen molar-refractivity contribution >= 4 is 49.7 Å². The summed E-state index contributed by atoms with van der Waals surface area (Å²) in [7, 11) is -2.19. The predicted molar refractivity (Wildman–Crippen MR) is 155 cm³/mol. The van der Waals surface area contributed by atoms with Crippen LogP contribution in [0.3, 0.4) is 0 Å². The lowest BCUT2D eigenvalue weighted by molar-refractivity contribution is -0.129. The van der Waals surface area contributed by atoms with E-state index >= 15 is 0 Å². The normalized spacial score (nSPS) is 18.0. The maximum absolute atomic E-state index is 14.3. The van der Waals surface area contributed by atoms with Gasteiger partial charge in [0.1, 0.15) is 17.5 Å². The number of nitrogens with one attached hydrogen (secondary N) is 2. The van der Waals surface area contributed by atoms with E-state index in [9.17, 15) is 31.6 Å². The Morgan fingerprint density at radius 2 is 1.67 bits per heavy atom. The molecule has 0 bridgehead atoms. The summed E-state index contributed by atoms with van der Waals surface area (Å²) < 4.78 is 56.0. The standard InChI is InChI=1S/C29H32F2N4O6S/c1-17(32-3)27(37)33-26-18(2)35(25(36)16-42(4,39)40)23-12-8-7-11-22(23)34(28(26)38)15-21-20-10-6-5-9-19(20)13-14-24(21)41-29(30)31/h5-14,17-18,26,29,32H,15-16H2,1-4H3,(H,33,37). The van der Waals surface area contributed by atoms with Crippen LogP contribution in [0.25, 0.3) is 10.8 Å². The average molecular weight is 603 g/mol. The molecule has 0 aromatic heterocycles. The molecule has 1 heterocycles. The lowest BCUT2D eigenvalue weighted by atomic mass is 10.0. The van der Waals surface area contributed by atoms with Gasteiger partial charge in [0.15, 0.2) is 9.84 Å². The summed E-state index contributed by atoms with van der Waals surface area (Å²) in [6.07, 6.45) is 0.926. The molecular weight excluding hydrogens is 570 g/mol. The number of para-hydroxylation sites is 2. The van der Waals surface area contributed by atoms with Gasteiger partial charge < -0.3 is 25.2 Å². The van der Waals surface area contributed by atoms with Crippen LogP contribution in [0.5, 0.6) is 5.75 Å². The van der Waals surface area contributed by atoms with Crippen molar-refractivity contribution < 1.29 is 36.3 Å². The van der Waals surface area contributed by atoms with Crippen molar-refractivity contribution in [3.05, 3.63) is 66.2 Å². The van der Waals surface area contributed by atoms with Crippen LogP contribution in [0.2, 0.25) is 0 Å². The lowest BCUT2D eigenvalue weighted by Crippen LogP contribution is -2.60. The molecule has 0 radical (unpaired) electrons. The van der Waals surface area contributed by atoms with Gasteiger partial charge >= 0.3 is 6.61 Å². The smallest absolute Gasteiger partial charge is 0.387 e. The number of anilines is 2. The number of halogens is 2. The Labute approximate surface area is 242 Å². The summed E-state index contributed by atoms with van der Waals surface area (Å²) in [5.41, 5.74) is 0.737. The quantitative estimate of drug-likeness (QED) is 0.386. The molecule has 3 aromatic carbocycles. The fourth-order valence-electron chi connectivity index (χ4n) is 5.01. The number of carbonyl (C=O) groups excluding carboxylic acids is 3. The van der Waals surface area contributed by atoms with E-state index in [1.807, 2.05) is 0 Å². The second-order valence-electron chi connectivity index (χ2n) is 10.1. The lowest BCUT2D eigenvalue weighted by Gasteiger charge is -2.32. The molecule has 224 valence electrons. The van der Waals surface area contributed by atoms with Crippen molar-refractivity contribution in [3.63, 3.8) is 0 Å². The molecule has 0 spiro atoms. The van der Waals surface area contributed by atoms with E-state index in [0.717, 1.165) is 11.6 Å². The van der Waals surface area contributed by atoms with Gasteiger partial charge in [-0.05, 0) is 49.9 Å². The highest BCUT2D eigenvalue weighted by Gasteiger charge is 2.43. The van der Waals surface area contributed by atoms with Crippen LogP contribution in [0.1, 0.15) is 19.4 Å². The maximum Gasteiger partial charge on any atom is 0.387 e. The molecule has 3 amide bonds. The number of ether oxygens (including phenoxy) is 1. The summed E-state index contributed by atoms with van der Waals surface area (Å²) in [4.78, 5) is 43.3. The van der Waals surface area contributed by atoms with Crippen molar-refractivity contribution in [2.75, 3.05) is 28.9 Å². The van der Waals surface area contributed by atoms with E-state index in [1.54, 1.807) is 68.6 Å². The van der Waals surface area contributed by atoms with Gasteiger partial charge in [-0.3, -0.25) is 14.4 Å². The first kappa shape index (κ1) is 30.8. The molecule has 1 aliphatic rings. The molecule has 10 nitrogen and oxygen atoms in total. The minimum Gasteiger partial charge on any atom is -0.434 e. The van der Waals surface area contributed by atoms with E-state index < -0.39 is 58.0 Å². The summed E-state index contributed by atoms with van der Waals surface area (Å²) in [6, 6.07) is 13.4. The van der Waals surface area contributed by atoms with Crippen LogP contribution < -0.4 is 25.2 Å². The zero-order chi connectivity index (χ0) is 30.8. The zero-order valence-corrected chi connectivity index (χ0v) is 24.3. The van der Waals surface area contributed by atoms with Crippen molar-refractivity contribution in [2.45, 2.75) is 45.1 Å². The first-order chi connectivity index (χ1) is 19.8. The van der Waals surface area contributed by atoms with Crippen LogP contribution in [-0.4, -0.2) is 69.9 Å². The number of benzene rings is 3. The Balaban J connectivity index is 1.92. The van der Waals surface area contributed by atoms with E-state index in [2.05, 4.69) is 10.6 Å². The molecule has 0 fully saturated rings. The molecule has 2 N–H and O–H groups in total. The molecule has 0 saturated heterocycles. The van der Waals surface area contributed by atoms with E-state index in [-0.39, 0.29) is 29.2 Å². The number of likely N-dealkylation sites (N-methyl/N-ethyl adjacent to an activating group) is 1. The Morgan fingerprint density at radius 1 is 1.02 bits per heavy atom. The molecule has 0 saturated carbocycles. The first-order valence-corrected chi connectivity index (χ1v) is 15.2. The maximum atomic E-state index is 14.3. The summed E-state index contributed by atoms with van der Waals surface area (Å²) in [5.74, 6) is -2.92. The van der Waals surface area contributed by atoms with Gasteiger partial charge in [0.05, 0.1) is 30.0 Å². The Morgan fingerprint density at radius 3 is 2.31 bits per heavy atom. The number of hydrogen-bond donors (Lipinski definition) is 2. The molecule has 1 aliphatic heterocycles. The van der Waals surface area contributed by atoms with Crippen molar-refractivity contribution in [1.82, 2.24) is 10.6 Å². The third-order valence-corrected chi connectivity index (χ3v) is 7.93. The molecule has 13 heteroatoms. The first-order valence-electron chi connectivity index (χ1n) is 13.2. The second kappa shape index (κ2) is 12.4. The molecule has 3 unspecified atom stereocenters. The highest BCUT2D eigenvalue weighted by molar-refractivity contribution is 7.91. The highest BCUT2D eigenvalue weighted by Crippen LogP contribution is 2.39. The van der Waals surface area contributed by atoms with Crippen LogP contribution >= 0.6 is 0 Å². The topological polar surface area (TPSA) is 125 Å². The van der Waals surface area contributed by atoms with Crippen molar-refractivity contribution in [1.29, 1.82) is 0 Å². The Kier molecular flexibility index (Phi) is 9.12. The minimum atomic E-state index is -3.76. The number of rotatable bonds is 9. The zero-order valence-electron chi connectivity index (χ0n) is 23.5. The summed E-state index contributed by atoms with van der Waals surface area (Å²) in [5, 5.41) is 6.78. The number of nitrogens with zero attached hydrogens (tertiary/aromatic N) is 2. The number of alkyl halides is 2. The van der Waals surface area contributed by atoms with Crippen LogP contribution in [0, 0.1) is 0 Å².